The first-order valence-electron chi connectivity index (χ1n) is 3.96. The highest BCUT2D eigenvalue weighted by Gasteiger charge is 2.44. The van der Waals surface area contributed by atoms with Crippen molar-refractivity contribution in [2.45, 2.75) is 12.0 Å². The average Bonchev–Trinajstić information content (AvgIpc) is 2.57. The third-order valence-electron chi connectivity index (χ3n) is 2.16. The van der Waals surface area contributed by atoms with E-state index < -0.39 is 15.4 Å². The van der Waals surface area contributed by atoms with Crippen LogP contribution in [0.25, 0.3) is 0 Å². The van der Waals surface area contributed by atoms with Crippen molar-refractivity contribution in [3.8, 4) is 0 Å². The van der Waals surface area contributed by atoms with Gasteiger partial charge in [0.1, 0.15) is 15.2 Å². The van der Waals surface area contributed by atoms with Gasteiger partial charge in [0.15, 0.2) is 9.84 Å². The summed E-state index contributed by atoms with van der Waals surface area (Å²) in [4.78, 5) is 4.05. The van der Waals surface area contributed by atoms with Crippen LogP contribution < -0.4 is 0 Å². The van der Waals surface area contributed by atoms with Gasteiger partial charge in [0.2, 0.25) is 0 Å². The largest absolute Gasteiger partial charge is 0.382 e. The number of hydrogen-bond donors (Lipinski definition) is 1. The minimum atomic E-state index is -3.09. The van der Waals surface area contributed by atoms with Crippen LogP contribution in [-0.2, 0) is 15.4 Å². The van der Waals surface area contributed by atoms with Crippen LogP contribution in [0, 0.1) is 0 Å². The van der Waals surface area contributed by atoms with Crippen molar-refractivity contribution in [2.75, 3.05) is 11.5 Å². The van der Waals surface area contributed by atoms with Gasteiger partial charge in [-0.15, -0.1) is 11.3 Å². The van der Waals surface area contributed by atoms with Crippen molar-refractivity contribution in [1.29, 1.82) is 0 Å². The maximum atomic E-state index is 11.2. The fourth-order valence-corrected chi connectivity index (χ4v) is 4.74. The standard InChI is InChI=1S/C7H8BrNO3S2/c8-5-3-13-6(9-5)7(10)1-2-14(11,12)4-7/h3,10H,1-2,4H2. The minimum Gasteiger partial charge on any atom is -0.382 e. The van der Waals surface area contributed by atoms with Crippen molar-refractivity contribution >= 4 is 37.1 Å². The zero-order valence-corrected chi connectivity index (χ0v) is 10.3. The van der Waals surface area contributed by atoms with Gasteiger partial charge in [0.25, 0.3) is 0 Å². The Bertz CT molecular complexity index is 455. The molecular weight excluding hydrogens is 290 g/mol. The first kappa shape index (κ1) is 10.5. The zero-order chi connectivity index (χ0) is 10.4. The highest BCUT2D eigenvalue weighted by atomic mass is 79.9. The van der Waals surface area contributed by atoms with Crippen LogP contribution in [0.4, 0.5) is 0 Å². The first-order valence-corrected chi connectivity index (χ1v) is 7.45. The smallest absolute Gasteiger partial charge is 0.153 e. The number of nitrogens with zero attached hydrogens (tertiary/aromatic N) is 1. The third kappa shape index (κ3) is 1.86. The quantitative estimate of drug-likeness (QED) is 0.837. The van der Waals surface area contributed by atoms with Crippen LogP contribution in [-0.4, -0.2) is 30.0 Å². The van der Waals surface area contributed by atoms with E-state index in [4.69, 9.17) is 0 Å². The Morgan fingerprint density at radius 3 is 2.79 bits per heavy atom. The number of rotatable bonds is 1. The summed E-state index contributed by atoms with van der Waals surface area (Å²) in [6, 6.07) is 0. The molecule has 1 aliphatic rings. The molecule has 7 heteroatoms. The van der Waals surface area contributed by atoms with Gasteiger partial charge in [-0.2, -0.15) is 0 Å². The molecule has 0 bridgehead atoms. The highest BCUT2D eigenvalue weighted by molar-refractivity contribution is 9.10. The second-order valence-electron chi connectivity index (χ2n) is 3.35. The molecule has 1 unspecified atom stereocenters. The molecule has 0 saturated carbocycles. The van der Waals surface area contributed by atoms with E-state index >= 15 is 0 Å². The van der Waals surface area contributed by atoms with Gasteiger partial charge >= 0.3 is 0 Å². The predicted molar refractivity (Wildman–Crippen MR) is 57.0 cm³/mol. The fraction of sp³-hybridized carbons (Fsp3) is 0.571. The first-order chi connectivity index (χ1) is 6.41. The molecule has 2 rings (SSSR count). The third-order valence-corrected chi connectivity index (χ3v) is 5.65. The Morgan fingerprint density at radius 1 is 1.64 bits per heavy atom. The van der Waals surface area contributed by atoms with Crippen LogP contribution in [0.3, 0.4) is 0 Å². The van der Waals surface area contributed by atoms with Crippen LogP contribution in [0.2, 0.25) is 0 Å². The van der Waals surface area contributed by atoms with Gasteiger partial charge in [-0.05, 0) is 22.4 Å². The molecule has 1 atom stereocenters. The molecule has 1 aliphatic heterocycles. The maximum Gasteiger partial charge on any atom is 0.153 e. The lowest BCUT2D eigenvalue weighted by atomic mass is 10.1. The number of thiazole rings is 1. The van der Waals surface area contributed by atoms with Gasteiger partial charge in [0.05, 0.1) is 11.5 Å². The predicted octanol–water partition coefficient (Wildman–Crippen LogP) is 0.912. The lowest BCUT2D eigenvalue weighted by Crippen LogP contribution is -2.26. The molecule has 1 fully saturated rings. The van der Waals surface area contributed by atoms with Gasteiger partial charge < -0.3 is 5.11 Å². The molecule has 0 radical (unpaired) electrons. The average molecular weight is 298 g/mol. The van der Waals surface area contributed by atoms with Crippen molar-refractivity contribution in [3.05, 3.63) is 15.0 Å². The molecule has 1 aromatic rings. The molecule has 1 aromatic heterocycles. The van der Waals surface area contributed by atoms with E-state index in [1.54, 1.807) is 5.38 Å². The topological polar surface area (TPSA) is 67.3 Å². The van der Waals surface area contributed by atoms with Crippen molar-refractivity contribution in [3.63, 3.8) is 0 Å². The summed E-state index contributed by atoms with van der Waals surface area (Å²) >= 11 is 4.44. The van der Waals surface area contributed by atoms with Crippen LogP contribution >= 0.6 is 27.3 Å². The molecule has 2 heterocycles. The van der Waals surface area contributed by atoms with E-state index in [0.717, 1.165) is 0 Å². The molecule has 0 aliphatic carbocycles. The van der Waals surface area contributed by atoms with Crippen LogP contribution in [0.1, 0.15) is 11.4 Å². The Morgan fingerprint density at radius 2 is 2.36 bits per heavy atom. The normalized spacial score (nSPS) is 30.7. The summed E-state index contributed by atoms with van der Waals surface area (Å²) in [5.74, 6) is -0.166. The highest BCUT2D eigenvalue weighted by Crippen LogP contribution is 2.35. The number of halogens is 1. The van der Waals surface area contributed by atoms with Crippen LogP contribution in [0.5, 0.6) is 0 Å². The molecule has 1 N–H and O–H groups in total. The van der Waals surface area contributed by atoms with E-state index in [1.807, 2.05) is 0 Å². The Kier molecular flexibility index (Phi) is 2.45. The van der Waals surface area contributed by atoms with E-state index in [2.05, 4.69) is 20.9 Å². The number of hydrogen-bond acceptors (Lipinski definition) is 5. The summed E-state index contributed by atoms with van der Waals surface area (Å²) in [7, 11) is -3.09. The Balaban J connectivity index is 2.36. The summed E-state index contributed by atoms with van der Waals surface area (Å²) in [5, 5.41) is 12.3. The van der Waals surface area contributed by atoms with Crippen molar-refractivity contribution in [2.24, 2.45) is 0 Å². The number of sulfone groups is 1. The fourth-order valence-electron chi connectivity index (χ4n) is 1.47. The van der Waals surface area contributed by atoms with Gasteiger partial charge in [-0.1, -0.05) is 0 Å². The van der Waals surface area contributed by atoms with E-state index in [9.17, 15) is 13.5 Å². The monoisotopic (exact) mass is 297 g/mol. The minimum absolute atomic E-state index is 0.0424. The number of aromatic nitrogens is 1. The van der Waals surface area contributed by atoms with E-state index in [-0.39, 0.29) is 17.9 Å². The lowest BCUT2D eigenvalue weighted by Gasteiger charge is -2.16. The summed E-state index contributed by atoms with van der Waals surface area (Å²) < 4.78 is 23.1. The second-order valence-corrected chi connectivity index (χ2v) is 7.20. The Hall–Kier alpha value is 0.0200. The van der Waals surface area contributed by atoms with Crippen LogP contribution in [0.15, 0.2) is 9.98 Å². The van der Waals surface area contributed by atoms with Gasteiger partial charge in [-0.25, -0.2) is 13.4 Å². The molecule has 14 heavy (non-hydrogen) atoms. The molecule has 0 spiro atoms. The molecule has 4 nitrogen and oxygen atoms in total. The molecular formula is C7H8BrNO3S2. The Labute approximate surface area is 94.0 Å². The molecule has 0 amide bonds. The molecule has 1 saturated heterocycles. The molecule has 78 valence electrons. The summed E-state index contributed by atoms with van der Waals surface area (Å²) in [6.07, 6.45) is 0.245. The van der Waals surface area contributed by atoms with Gasteiger partial charge in [0, 0.05) is 5.38 Å². The molecule has 0 aromatic carbocycles. The maximum absolute atomic E-state index is 11.2. The van der Waals surface area contributed by atoms with Gasteiger partial charge in [-0.3, -0.25) is 0 Å². The van der Waals surface area contributed by atoms with E-state index in [0.29, 0.717) is 9.61 Å². The van der Waals surface area contributed by atoms with Crippen molar-refractivity contribution in [1.82, 2.24) is 4.98 Å². The van der Waals surface area contributed by atoms with E-state index in [1.165, 1.54) is 11.3 Å². The van der Waals surface area contributed by atoms with Crippen molar-refractivity contribution < 1.29 is 13.5 Å². The number of aliphatic hydroxyl groups is 1. The zero-order valence-electron chi connectivity index (χ0n) is 7.10. The summed E-state index contributed by atoms with van der Waals surface area (Å²) in [5.41, 5.74) is -1.27. The second kappa shape index (κ2) is 3.26. The lowest BCUT2D eigenvalue weighted by molar-refractivity contribution is 0.0649. The summed E-state index contributed by atoms with van der Waals surface area (Å²) in [6.45, 7) is 0. The SMILES string of the molecule is O=S1(=O)CCC(O)(c2nc(Br)cs2)C1.